The van der Waals surface area contributed by atoms with E-state index in [2.05, 4.69) is 31.4 Å². The molecule has 0 N–H and O–H groups in total. The van der Waals surface area contributed by atoms with E-state index < -0.39 is 0 Å². The normalized spacial score (nSPS) is 26.2. The molecule has 15 heavy (non-hydrogen) atoms. The van der Waals surface area contributed by atoms with Gasteiger partial charge in [0.15, 0.2) is 0 Å². The highest BCUT2D eigenvalue weighted by Gasteiger charge is 2.21. The minimum atomic E-state index is 0.792. The van der Waals surface area contributed by atoms with Gasteiger partial charge in [-0.2, -0.15) is 12.6 Å². The first-order valence-electron chi connectivity index (χ1n) is 6.66. The van der Waals surface area contributed by atoms with Gasteiger partial charge in [-0.3, -0.25) is 0 Å². The zero-order chi connectivity index (χ0) is 11.1. The van der Waals surface area contributed by atoms with Crippen molar-refractivity contribution in [3.05, 3.63) is 0 Å². The van der Waals surface area contributed by atoms with Crippen LogP contribution in [0, 0.1) is 5.92 Å². The van der Waals surface area contributed by atoms with Crippen molar-refractivity contribution in [2.24, 2.45) is 5.92 Å². The van der Waals surface area contributed by atoms with Crippen LogP contribution in [-0.4, -0.2) is 29.8 Å². The van der Waals surface area contributed by atoms with E-state index in [-0.39, 0.29) is 0 Å². The predicted octanol–water partition coefficient (Wildman–Crippen LogP) is 3.60. The lowest BCUT2D eigenvalue weighted by atomic mass is 10.0. The van der Waals surface area contributed by atoms with E-state index in [4.69, 9.17) is 0 Å². The standard InChI is InChI=1S/C13H27NS/c1-3-12(11-15)10-14-9-7-5-6-8-13(14)4-2/h12-13,15H,3-11H2,1-2H3. The fourth-order valence-electron chi connectivity index (χ4n) is 2.59. The summed E-state index contributed by atoms with van der Waals surface area (Å²) < 4.78 is 0. The van der Waals surface area contributed by atoms with Crippen LogP contribution in [0.25, 0.3) is 0 Å². The molecule has 0 aromatic rings. The molecule has 2 atom stereocenters. The van der Waals surface area contributed by atoms with Gasteiger partial charge in [0.25, 0.3) is 0 Å². The molecule has 1 fully saturated rings. The van der Waals surface area contributed by atoms with Gasteiger partial charge in [-0.15, -0.1) is 0 Å². The molecule has 1 saturated heterocycles. The Kier molecular flexibility index (Phi) is 6.74. The van der Waals surface area contributed by atoms with E-state index >= 15 is 0 Å². The lowest BCUT2D eigenvalue weighted by molar-refractivity contribution is 0.169. The summed E-state index contributed by atoms with van der Waals surface area (Å²) in [4.78, 5) is 2.73. The third-order valence-corrected chi connectivity index (χ3v) is 4.31. The number of thiol groups is 1. The third-order valence-electron chi connectivity index (χ3n) is 3.80. The first-order chi connectivity index (χ1) is 7.31. The van der Waals surface area contributed by atoms with E-state index in [9.17, 15) is 0 Å². The van der Waals surface area contributed by atoms with E-state index in [1.165, 1.54) is 51.6 Å². The summed E-state index contributed by atoms with van der Waals surface area (Å²) in [7, 11) is 0. The molecule has 1 heterocycles. The maximum atomic E-state index is 4.45. The lowest BCUT2D eigenvalue weighted by Crippen LogP contribution is -2.38. The number of likely N-dealkylation sites (tertiary alicyclic amines) is 1. The molecule has 0 bridgehead atoms. The minimum absolute atomic E-state index is 0.792. The Balaban J connectivity index is 2.46. The Morgan fingerprint density at radius 1 is 1.27 bits per heavy atom. The maximum absolute atomic E-state index is 4.45. The van der Waals surface area contributed by atoms with Gasteiger partial charge in [0.2, 0.25) is 0 Å². The SMILES string of the molecule is CCC(CS)CN1CCCCCC1CC. The number of nitrogens with zero attached hydrogens (tertiary/aromatic N) is 1. The van der Waals surface area contributed by atoms with Crippen LogP contribution in [0.5, 0.6) is 0 Å². The molecule has 2 heteroatoms. The molecule has 1 rings (SSSR count). The average Bonchev–Trinajstić information content (AvgIpc) is 2.50. The van der Waals surface area contributed by atoms with Crippen LogP contribution in [0.2, 0.25) is 0 Å². The van der Waals surface area contributed by atoms with Crippen LogP contribution in [-0.2, 0) is 0 Å². The number of hydrogen-bond acceptors (Lipinski definition) is 2. The zero-order valence-electron chi connectivity index (χ0n) is 10.4. The summed E-state index contributed by atoms with van der Waals surface area (Å²) in [5.74, 6) is 1.84. The summed E-state index contributed by atoms with van der Waals surface area (Å²) in [6.45, 7) is 7.23. The van der Waals surface area contributed by atoms with Gasteiger partial charge in [0.1, 0.15) is 0 Å². The van der Waals surface area contributed by atoms with Gasteiger partial charge in [0, 0.05) is 12.6 Å². The molecule has 2 unspecified atom stereocenters. The van der Waals surface area contributed by atoms with Crippen LogP contribution in [0.3, 0.4) is 0 Å². The van der Waals surface area contributed by atoms with Crippen molar-refractivity contribution in [1.82, 2.24) is 4.90 Å². The Bertz CT molecular complexity index is 157. The van der Waals surface area contributed by atoms with Crippen molar-refractivity contribution in [3.8, 4) is 0 Å². The van der Waals surface area contributed by atoms with E-state index in [1.807, 2.05) is 0 Å². The van der Waals surface area contributed by atoms with Gasteiger partial charge >= 0.3 is 0 Å². The number of hydrogen-bond donors (Lipinski definition) is 1. The van der Waals surface area contributed by atoms with Gasteiger partial charge in [-0.25, -0.2) is 0 Å². The highest BCUT2D eigenvalue weighted by Crippen LogP contribution is 2.21. The second-order valence-corrected chi connectivity index (χ2v) is 5.23. The molecule has 0 saturated carbocycles. The predicted molar refractivity (Wildman–Crippen MR) is 71.8 cm³/mol. The fraction of sp³-hybridized carbons (Fsp3) is 1.00. The van der Waals surface area contributed by atoms with Gasteiger partial charge in [-0.1, -0.05) is 33.1 Å². The molecule has 0 aromatic heterocycles. The van der Waals surface area contributed by atoms with Crippen molar-refractivity contribution in [2.45, 2.75) is 58.4 Å². The largest absolute Gasteiger partial charge is 0.300 e. The highest BCUT2D eigenvalue weighted by atomic mass is 32.1. The monoisotopic (exact) mass is 229 g/mol. The van der Waals surface area contributed by atoms with Gasteiger partial charge in [0.05, 0.1) is 0 Å². The molecule has 90 valence electrons. The molecule has 0 aliphatic carbocycles. The van der Waals surface area contributed by atoms with Gasteiger partial charge in [-0.05, 0) is 37.5 Å². The quantitative estimate of drug-likeness (QED) is 0.705. The average molecular weight is 229 g/mol. The van der Waals surface area contributed by atoms with Crippen LogP contribution in [0.1, 0.15) is 52.4 Å². The summed E-state index contributed by atoms with van der Waals surface area (Å²) in [6.07, 6.45) is 8.29. The summed E-state index contributed by atoms with van der Waals surface area (Å²) in [5, 5.41) is 0. The Morgan fingerprint density at radius 2 is 2.07 bits per heavy atom. The molecule has 1 aliphatic heterocycles. The summed E-state index contributed by atoms with van der Waals surface area (Å²) in [5.41, 5.74) is 0. The van der Waals surface area contributed by atoms with Crippen LogP contribution >= 0.6 is 12.6 Å². The van der Waals surface area contributed by atoms with Gasteiger partial charge < -0.3 is 4.90 Å². The third kappa shape index (κ3) is 4.36. The number of rotatable bonds is 5. The van der Waals surface area contributed by atoms with Crippen molar-refractivity contribution >= 4 is 12.6 Å². The van der Waals surface area contributed by atoms with E-state index in [0.29, 0.717) is 0 Å². The molecule has 1 nitrogen and oxygen atoms in total. The Morgan fingerprint density at radius 3 is 2.67 bits per heavy atom. The topological polar surface area (TPSA) is 3.24 Å². The Labute approximate surface area is 101 Å². The molecule has 0 spiro atoms. The van der Waals surface area contributed by atoms with Crippen LogP contribution < -0.4 is 0 Å². The molecular weight excluding hydrogens is 202 g/mol. The smallest absolute Gasteiger partial charge is 0.00927 e. The van der Waals surface area contributed by atoms with Crippen molar-refractivity contribution in [2.75, 3.05) is 18.8 Å². The lowest BCUT2D eigenvalue weighted by Gasteiger charge is -2.32. The second-order valence-electron chi connectivity index (χ2n) is 4.86. The van der Waals surface area contributed by atoms with Crippen LogP contribution in [0.15, 0.2) is 0 Å². The first-order valence-corrected chi connectivity index (χ1v) is 7.29. The molecule has 0 amide bonds. The molecule has 1 aliphatic rings. The van der Waals surface area contributed by atoms with Crippen LogP contribution in [0.4, 0.5) is 0 Å². The minimum Gasteiger partial charge on any atom is -0.300 e. The van der Waals surface area contributed by atoms with E-state index in [1.54, 1.807) is 0 Å². The molecular formula is C13H27NS. The zero-order valence-corrected chi connectivity index (χ0v) is 11.3. The second kappa shape index (κ2) is 7.56. The van der Waals surface area contributed by atoms with E-state index in [0.717, 1.165) is 17.7 Å². The molecule has 0 aromatic carbocycles. The summed E-state index contributed by atoms with van der Waals surface area (Å²) >= 11 is 4.45. The fourth-order valence-corrected chi connectivity index (χ4v) is 2.96. The molecule has 0 radical (unpaired) electrons. The highest BCUT2D eigenvalue weighted by molar-refractivity contribution is 7.80. The maximum Gasteiger partial charge on any atom is 0.00927 e. The Hall–Kier alpha value is 0.310. The first kappa shape index (κ1) is 13.4. The summed E-state index contributed by atoms with van der Waals surface area (Å²) in [6, 6.07) is 0.849. The van der Waals surface area contributed by atoms with Crippen molar-refractivity contribution in [3.63, 3.8) is 0 Å². The van der Waals surface area contributed by atoms with Crippen molar-refractivity contribution in [1.29, 1.82) is 0 Å². The van der Waals surface area contributed by atoms with Crippen molar-refractivity contribution < 1.29 is 0 Å².